The first-order valence-corrected chi connectivity index (χ1v) is 6.20. The Morgan fingerprint density at radius 3 is 2.53 bits per heavy atom. The summed E-state index contributed by atoms with van der Waals surface area (Å²) in [5.41, 5.74) is 1.13. The third kappa shape index (κ3) is 3.03. The van der Waals surface area contributed by atoms with Crippen LogP contribution in [0.4, 0.5) is 0 Å². The normalized spacial score (nSPS) is 10.6. The van der Waals surface area contributed by atoms with Gasteiger partial charge in [-0.1, -0.05) is 29.8 Å². The molecule has 1 aromatic heterocycles. The van der Waals surface area contributed by atoms with Crippen LogP contribution < -0.4 is 4.74 Å². The molecule has 2 aromatic rings. The largest absolute Gasteiger partial charge is 0.424 e. The number of benzene rings is 1. The first-order valence-electron chi connectivity index (χ1n) is 5.41. The van der Waals surface area contributed by atoms with Crippen LogP contribution in [0.5, 0.6) is 11.8 Å². The maximum Gasteiger partial charge on any atom is 0.321 e. The molecule has 0 amide bonds. The summed E-state index contributed by atoms with van der Waals surface area (Å²) >= 11 is 3.46. The van der Waals surface area contributed by atoms with E-state index in [-0.39, 0.29) is 0 Å². The topological polar surface area (TPSA) is 35.0 Å². The molecule has 2 rings (SSSR count). The Kier molecular flexibility index (Phi) is 3.74. The van der Waals surface area contributed by atoms with Crippen molar-refractivity contribution in [1.82, 2.24) is 9.97 Å². The van der Waals surface area contributed by atoms with Crippen molar-refractivity contribution >= 4 is 15.9 Å². The summed E-state index contributed by atoms with van der Waals surface area (Å²) in [5, 5.41) is 0. The second kappa shape index (κ2) is 5.27. The van der Waals surface area contributed by atoms with E-state index < -0.39 is 0 Å². The highest BCUT2D eigenvalue weighted by molar-refractivity contribution is 9.10. The van der Waals surface area contributed by atoms with Crippen molar-refractivity contribution in [2.75, 3.05) is 0 Å². The van der Waals surface area contributed by atoms with Crippen molar-refractivity contribution in [1.29, 1.82) is 0 Å². The average molecular weight is 293 g/mol. The summed E-state index contributed by atoms with van der Waals surface area (Å²) < 4.78 is 6.73. The van der Waals surface area contributed by atoms with Crippen molar-refractivity contribution in [3.63, 3.8) is 0 Å². The maximum atomic E-state index is 5.68. The minimum absolute atomic E-state index is 0.372. The van der Waals surface area contributed by atoms with E-state index in [0.29, 0.717) is 11.9 Å². The lowest BCUT2D eigenvalue weighted by Gasteiger charge is -2.12. The zero-order valence-corrected chi connectivity index (χ0v) is 11.3. The first kappa shape index (κ1) is 12.0. The van der Waals surface area contributed by atoms with E-state index in [1.807, 2.05) is 12.1 Å². The lowest BCUT2D eigenvalue weighted by atomic mass is 10.0. The molecule has 0 spiro atoms. The minimum Gasteiger partial charge on any atom is -0.424 e. The molecule has 1 heterocycles. The van der Waals surface area contributed by atoms with Crippen molar-refractivity contribution in [2.24, 2.45) is 0 Å². The van der Waals surface area contributed by atoms with Crippen molar-refractivity contribution < 1.29 is 4.74 Å². The summed E-state index contributed by atoms with van der Waals surface area (Å²) in [6.45, 7) is 4.25. The average Bonchev–Trinajstić information content (AvgIpc) is 2.32. The van der Waals surface area contributed by atoms with Gasteiger partial charge in [-0.3, -0.25) is 0 Å². The van der Waals surface area contributed by atoms with Crippen LogP contribution in [-0.2, 0) is 0 Å². The molecular formula is C13H13BrN2O. The molecule has 3 nitrogen and oxygen atoms in total. The van der Waals surface area contributed by atoms with Crippen LogP contribution in [0.3, 0.4) is 0 Å². The van der Waals surface area contributed by atoms with E-state index in [2.05, 4.69) is 45.8 Å². The number of hydrogen-bond donors (Lipinski definition) is 0. The molecule has 0 saturated heterocycles. The van der Waals surface area contributed by atoms with E-state index in [0.717, 1.165) is 15.8 Å². The molecule has 0 aliphatic rings. The van der Waals surface area contributed by atoms with E-state index in [4.69, 9.17) is 4.74 Å². The molecule has 0 N–H and O–H groups in total. The highest BCUT2D eigenvalue weighted by atomic mass is 79.9. The van der Waals surface area contributed by atoms with Crippen LogP contribution in [-0.4, -0.2) is 9.97 Å². The Morgan fingerprint density at radius 2 is 1.88 bits per heavy atom. The molecule has 1 aromatic carbocycles. The van der Waals surface area contributed by atoms with Crippen molar-refractivity contribution in [3.8, 4) is 11.8 Å². The van der Waals surface area contributed by atoms with Crippen molar-refractivity contribution in [3.05, 3.63) is 46.7 Å². The Labute approximate surface area is 109 Å². The zero-order valence-electron chi connectivity index (χ0n) is 9.72. The van der Waals surface area contributed by atoms with Gasteiger partial charge in [0.1, 0.15) is 5.75 Å². The van der Waals surface area contributed by atoms with Gasteiger partial charge in [-0.05, 0) is 35.7 Å². The fourth-order valence-electron chi connectivity index (χ4n) is 1.50. The van der Waals surface area contributed by atoms with Gasteiger partial charge in [-0.15, -0.1) is 0 Å². The van der Waals surface area contributed by atoms with Crippen LogP contribution in [0.2, 0.25) is 0 Å². The highest BCUT2D eigenvalue weighted by Gasteiger charge is 2.10. The van der Waals surface area contributed by atoms with Gasteiger partial charge in [0.2, 0.25) is 0 Å². The van der Waals surface area contributed by atoms with Gasteiger partial charge in [0.15, 0.2) is 0 Å². The molecule has 0 radical (unpaired) electrons. The Balaban J connectivity index is 2.33. The summed E-state index contributed by atoms with van der Waals surface area (Å²) in [5.74, 6) is 1.18. The molecule has 0 aliphatic carbocycles. The molecule has 88 valence electrons. The molecule has 0 atom stereocenters. The minimum atomic E-state index is 0.372. The van der Waals surface area contributed by atoms with Crippen LogP contribution >= 0.6 is 15.9 Å². The summed E-state index contributed by atoms with van der Waals surface area (Å²) in [6.07, 6.45) is 3.33. The van der Waals surface area contributed by atoms with Gasteiger partial charge in [0, 0.05) is 16.9 Å². The molecule has 4 heteroatoms. The number of rotatable bonds is 3. The van der Waals surface area contributed by atoms with Gasteiger partial charge in [-0.25, -0.2) is 9.97 Å². The smallest absolute Gasteiger partial charge is 0.321 e. The highest BCUT2D eigenvalue weighted by Crippen LogP contribution is 2.31. The molecule has 0 bridgehead atoms. The molecule has 17 heavy (non-hydrogen) atoms. The number of aromatic nitrogens is 2. The molecular weight excluding hydrogens is 280 g/mol. The second-order valence-electron chi connectivity index (χ2n) is 3.97. The third-order valence-corrected chi connectivity index (χ3v) is 2.83. The number of nitrogens with zero attached hydrogens (tertiary/aromatic N) is 2. The van der Waals surface area contributed by atoms with Crippen molar-refractivity contribution in [2.45, 2.75) is 19.8 Å². The monoisotopic (exact) mass is 292 g/mol. The fourth-order valence-corrected chi connectivity index (χ4v) is 1.88. The number of ether oxygens (including phenoxy) is 1. The zero-order chi connectivity index (χ0) is 12.3. The van der Waals surface area contributed by atoms with E-state index >= 15 is 0 Å². The van der Waals surface area contributed by atoms with E-state index in [1.54, 1.807) is 18.5 Å². The van der Waals surface area contributed by atoms with E-state index in [9.17, 15) is 0 Å². The van der Waals surface area contributed by atoms with Gasteiger partial charge in [0.25, 0.3) is 0 Å². The van der Waals surface area contributed by atoms with Crippen LogP contribution in [0.15, 0.2) is 41.1 Å². The van der Waals surface area contributed by atoms with E-state index in [1.165, 1.54) is 0 Å². The lowest BCUT2D eigenvalue weighted by molar-refractivity contribution is 0.434. The second-order valence-corrected chi connectivity index (χ2v) is 4.89. The number of halogens is 1. The lowest BCUT2D eigenvalue weighted by Crippen LogP contribution is -1.96. The van der Waals surface area contributed by atoms with Crippen LogP contribution in [0, 0.1) is 0 Å². The molecule has 0 saturated carbocycles. The third-order valence-electron chi connectivity index (χ3n) is 2.34. The number of hydrogen-bond acceptors (Lipinski definition) is 3. The maximum absolute atomic E-state index is 5.68. The molecule has 0 aliphatic heterocycles. The van der Waals surface area contributed by atoms with Gasteiger partial charge >= 0.3 is 6.01 Å². The quantitative estimate of drug-likeness (QED) is 0.852. The van der Waals surface area contributed by atoms with Crippen LogP contribution in [0.1, 0.15) is 25.3 Å². The Morgan fingerprint density at radius 1 is 1.18 bits per heavy atom. The predicted octanol–water partition coefficient (Wildman–Crippen LogP) is 4.15. The van der Waals surface area contributed by atoms with Crippen LogP contribution in [0.25, 0.3) is 0 Å². The molecule has 0 unspecified atom stereocenters. The summed E-state index contributed by atoms with van der Waals surface area (Å²) in [7, 11) is 0. The summed E-state index contributed by atoms with van der Waals surface area (Å²) in [6, 6.07) is 8.07. The van der Waals surface area contributed by atoms with Gasteiger partial charge in [0.05, 0.1) is 0 Å². The summed E-state index contributed by atoms with van der Waals surface area (Å²) in [4.78, 5) is 8.10. The fraction of sp³-hybridized carbons (Fsp3) is 0.231. The molecule has 0 fully saturated rings. The standard InChI is InChI=1S/C13H13BrN2O/c1-9(2)11-8-10(14)4-5-12(11)17-13-15-6-3-7-16-13/h3-9H,1-2H3. The predicted molar refractivity (Wildman–Crippen MR) is 70.3 cm³/mol. The SMILES string of the molecule is CC(C)c1cc(Br)ccc1Oc1ncccn1. The Hall–Kier alpha value is -1.42. The Bertz CT molecular complexity index is 500. The first-order chi connectivity index (χ1) is 8.16. The van der Waals surface area contributed by atoms with Gasteiger partial charge in [-0.2, -0.15) is 0 Å². The van der Waals surface area contributed by atoms with Gasteiger partial charge < -0.3 is 4.74 Å².